The standard InChI is InChI=1S/C25H35N7O6/c1-6-36-25(34)37-16(4)32-20(17-7-8-19(11-17)38-24(33)27-15(2)3)13-22(30-32)28-23-21-12-18(14-35-5)29-31(21)10-9-26-23/h9-10,12-13,15-17,19H,6-8,11,14H2,1-5H3,(H,27,33)(H,26,28,30). The van der Waals surface area contributed by atoms with Gasteiger partial charge in [0.25, 0.3) is 0 Å². The van der Waals surface area contributed by atoms with E-state index in [9.17, 15) is 9.59 Å². The predicted molar refractivity (Wildman–Crippen MR) is 137 cm³/mol. The number of nitrogens with zero attached hydrogens (tertiary/aromatic N) is 5. The Morgan fingerprint density at radius 3 is 2.74 bits per heavy atom. The van der Waals surface area contributed by atoms with Gasteiger partial charge in [-0.05, 0) is 53.0 Å². The highest BCUT2D eigenvalue weighted by molar-refractivity contribution is 5.72. The molecule has 0 saturated heterocycles. The number of carbonyl (C=O) groups excluding carboxylic acids is 2. The summed E-state index contributed by atoms with van der Waals surface area (Å²) in [7, 11) is 1.62. The second-order valence-corrected chi connectivity index (χ2v) is 9.43. The fraction of sp³-hybridized carbons (Fsp3) is 0.560. The lowest BCUT2D eigenvalue weighted by Crippen LogP contribution is -2.33. The smallest absolute Gasteiger partial charge is 0.446 e. The summed E-state index contributed by atoms with van der Waals surface area (Å²) in [5, 5.41) is 15.2. The maximum absolute atomic E-state index is 12.1. The van der Waals surface area contributed by atoms with Gasteiger partial charge in [-0.15, -0.1) is 0 Å². The van der Waals surface area contributed by atoms with Gasteiger partial charge in [-0.2, -0.15) is 10.2 Å². The quantitative estimate of drug-likeness (QED) is 0.365. The van der Waals surface area contributed by atoms with Crippen LogP contribution in [-0.4, -0.2) is 62.5 Å². The molecule has 4 rings (SSSR count). The van der Waals surface area contributed by atoms with E-state index in [0.29, 0.717) is 24.7 Å². The molecule has 0 aromatic carbocycles. The van der Waals surface area contributed by atoms with Crippen LogP contribution in [-0.2, 0) is 25.6 Å². The molecule has 3 heterocycles. The van der Waals surface area contributed by atoms with Gasteiger partial charge in [0.05, 0.1) is 18.9 Å². The van der Waals surface area contributed by atoms with Crippen LogP contribution in [0.3, 0.4) is 0 Å². The maximum Gasteiger partial charge on any atom is 0.510 e. The summed E-state index contributed by atoms with van der Waals surface area (Å²) in [5.41, 5.74) is 2.38. The van der Waals surface area contributed by atoms with Crippen molar-refractivity contribution in [3.63, 3.8) is 0 Å². The molecule has 3 aromatic heterocycles. The van der Waals surface area contributed by atoms with Crippen LogP contribution >= 0.6 is 0 Å². The van der Waals surface area contributed by atoms with E-state index in [2.05, 4.69) is 20.7 Å². The van der Waals surface area contributed by atoms with Crippen molar-refractivity contribution in [3.05, 3.63) is 35.9 Å². The molecule has 13 nitrogen and oxygen atoms in total. The monoisotopic (exact) mass is 529 g/mol. The van der Waals surface area contributed by atoms with Crippen LogP contribution in [0.25, 0.3) is 5.52 Å². The molecule has 206 valence electrons. The number of amides is 1. The number of carbonyl (C=O) groups is 2. The first-order valence-electron chi connectivity index (χ1n) is 12.8. The Kier molecular flexibility index (Phi) is 8.66. The maximum atomic E-state index is 12.1. The van der Waals surface area contributed by atoms with Crippen molar-refractivity contribution < 1.29 is 28.5 Å². The van der Waals surface area contributed by atoms with Gasteiger partial charge >= 0.3 is 12.2 Å². The van der Waals surface area contributed by atoms with E-state index in [1.54, 1.807) is 42.5 Å². The lowest BCUT2D eigenvalue weighted by atomic mass is 10.0. The van der Waals surface area contributed by atoms with Crippen molar-refractivity contribution in [2.24, 2.45) is 0 Å². The van der Waals surface area contributed by atoms with Gasteiger partial charge in [0, 0.05) is 43.2 Å². The third-order valence-electron chi connectivity index (χ3n) is 6.10. The minimum atomic E-state index is -0.773. The number of aromatic nitrogens is 5. The number of fused-ring (bicyclic) bond motifs is 1. The van der Waals surface area contributed by atoms with E-state index in [0.717, 1.165) is 29.7 Å². The number of anilines is 2. The number of ether oxygens (including phenoxy) is 4. The van der Waals surface area contributed by atoms with Crippen molar-refractivity contribution in [3.8, 4) is 0 Å². The van der Waals surface area contributed by atoms with Crippen LogP contribution in [0.5, 0.6) is 0 Å². The summed E-state index contributed by atoms with van der Waals surface area (Å²) < 4.78 is 24.6. The van der Waals surface area contributed by atoms with Crippen molar-refractivity contribution in [2.75, 3.05) is 19.0 Å². The Bertz CT molecular complexity index is 1260. The molecule has 1 fully saturated rings. The van der Waals surface area contributed by atoms with E-state index < -0.39 is 18.5 Å². The number of nitrogens with one attached hydrogen (secondary N) is 2. The largest absolute Gasteiger partial charge is 0.510 e. The second kappa shape index (κ2) is 12.1. The summed E-state index contributed by atoms with van der Waals surface area (Å²) in [4.78, 5) is 28.6. The summed E-state index contributed by atoms with van der Waals surface area (Å²) >= 11 is 0. The zero-order valence-electron chi connectivity index (χ0n) is 22.3. The Labute approximate surface area is 220 Å². The molecule has 0 radical (unpaired) electrons. The lowest BCUT2D eigenvalue weighted by Gasteiger charge is -2.19. The summed E-state index contributed by atoms with van der Waals surface area (Å²) in [6.45, 7) is 7.79. The summed E-state index contributed by atoms with van der Waals surface area (Å²) in [5.74, 6) is 1.13. The first-order chi connectivity index (χ1) is 18.3. The number of hydrogen-bond acceptors (Lipinski definition) is 10. The van der Waals surface area contributed by atoms with Gasteiger partial charge in [0.1, 0.15) is 11.6 Å². The lowest BCUT2D eigenvalue weighted by molar-refractivity contribution is -0.000130. The Morgan fingerprint density at radius 1 is 1.18 bits per heavy atom. The first kappa shape index (κ1) is 27.2. The molecular weight excluding hydrogens is 494 g/mol. The SMILES string of the molecule is CCOC(=O)OC(C)n1nc(Nc2nccn3nc(COC)cc23)cc1C1CCC(OC(=O)NC(C)C)C1. The Morgan fingerprint density at radius 2 is 2.00 bits per heavy atom. The molecular formula is C25H35N7O6. The molecule has 1 amide bonds. The molecule has 1 aliphatic rings. The van der Waals surface area contributed by atoms with Gasteiger partial charge in [0.15, 0.2) is 17.9 Å². The Balaban J connectivity index is 1.58. The number of methoxy groups -OCH3 is 1. The third kappa shape index (κ3) is 6.52. The average molecular weight is 530 g/mol. The molecule has 3 unspecified atom stereocenters. The second-order valence-electron chi connectivity index (χ2n) is 9.43. The molecule has 1 saturated carbocycles. The van der Waals surface area contributed by atoms with Crippen LogP contribution in [0.1, 0.15) is 70.5 Å². The van der Waals surface area contributed by atoms with Gasteiger partial charge < -0.3 is 29.6 Å². The molecule has 38 heavy (non-hydrogen) atoms. The van der Waals surface area contributed by atoms with E-state index in [1.165, 1.54) is 0 Å². The third-order valence-corrected chi connectivity index (χ3v) is 6.10. The predicted octanol–water partition coefficient (Wildman–Crippen LogP) is 4.28. The van der Waals surface area contributed by atoms with E-state index >= 15 is 0 Å². The summed E-state index contributed by atoms with van der Waals surface area (Å²) in [6.07, 6.45) is 3.39. The fourth-order valence-electron chi connectivity index (χ4n) is 4.55. The first-order valence-corrected chi connectivity index (χ1v) is 12.8. The molecule has 0 spiro atoms. The number of hydrogen-bond donors (Lipinski definition) is 2. The highest BCUT2D eigenvalue weighted by atomic mass is 16.7. The van der Waals surface area contributed by atoms with Gasteiger partial charge in [-0.25, -0.2) is 23.8 Å². The van der Waals surface area contributed by atoms with Gasteiger partial charge in [0.2, 0.25) is 0 Å². The van der Waals surface area contributed by atoms with Crippen LogP contribution < -0.4 is 10.6 Å². The molecule has 13 heteroatoms. The fourth-order valence-corrected chi connectivity index (χ4v) is 4.55. The van der Waals surface area contributed by atoms with Crippen molar-refractivity contribution in [1.29, 1.82) is 0 Å². The molecule has 2 N–H and O–H groups in total. The zero-order valence-corrected chi connectivity index (χ0v) is 22.3. The highest BCUT2D eigenvalue weighted by Crippen LogP contribution is 2.38. The van der Waals surface area contributed by atoms with Crippen molar-refractivity contribution in [2.45, 2.75) is 77.9 Å². The zero-order chi connectivity index (χ0) is 27.2. The van der Waals surface area contributed by atoms with Crippen LogP contribution in [0.15, 0.2) is 24.5 Å². The molecule has 1 aliphatic carbocycles. The van der Waals surface area contributed by atoms with Crippen LogP contribution in [0.4, 0.5) is 21.2 Å². The molecule has 0 aliphatic heterocycles. The highest BCUT2D eigenvalue weighted by Gasteiger charge is 2.33. The number of rotatable bonds is 10. The number of alkyl carbamates (subject to hydrolysis) is 1. The van der Waals surface area contributed by atoms with Crippen molar-refractivity contribution in [1.82, 2.24) is 29.7 Å². The van der Waals surface area contributed by atoms with Crippen LogP contribution in [0, 0.1) is 0 Å². The minimum Gasteiger partial charge on any atom is -0.446 e. The van der Waals surface area contributed by atoms with Crippen LogP contribution in [0.2, 0.25) is 0 Å². The van der Waals surface area contributed by atoms with Crippen molar-refractivity contribution >= 4 is 29.4 Å². The molecule has 3 aromatic rings. The normalized spacial score (nSPS) is 17.9. The van der Waals surface area contributed by atoms with E-state index in [1.807, 2.05) is 26.0 Å². The van der Waals surface area contributed by atoms with Gasteiger partial charge in [-0.3, -0.25) is 0 Å². The average Bonchev–Trinajstić information content (AvgIpc) is 3.57. The van der Waals surface area contributed by atoms with E-state index in [-0.39, 0.29) is 24.7 Å². The Hall–Kier alpha value is -3.87. The molecule has 3 atom stereocenters. The van der Waals surface area contributed by atoms with Gasteiger partial charge in [-0.1, -0.05) is 0 Å². The minimum absolute atomic E-state index is 0.00456. The van der Waals surface area contributed by atoms with E-state index in [4.69, 9.17) is 24.0 Å². The molecule has 0 bridgehead atoms. The summed E-state index contributed by atoms with van der Waals surface area (Å²) in [6, 6.07) is 3.80. The topological polar surface area (TPSA) is 143 Å².